The average Bonchev–Trinajstić information content (AvgIpc) is 2.29. The maximum Gasteiger partial charge on any atom is 0.126 e. The van der Waals surface area contributed by atoms with Crippen molar-refractivity contribution in [1.82, 2.24) is 5.32 Å². The van der Waals surface area contributed by atoms with Gasteiger partial charge in [0, 0.05) is 10.9 Å². The molecule has 0 aliphatic heterocycles. The Hall–Kier alpha value is -0.450. The van der Waals surface area contributed by atoms with Gasteiger partial charge >= 0.3 is 0 Å². The minimum Gasteiger partial charge on any atom is -0.390 e. The van der Waals surface area contributed by atoms with Gasteiger partial charge in [-0.05, 0) is 56.6 Å². The molecule has 1 rings (SSSR count). The van der Waals surface area contributed by atoms with Crippen LogP contribution in [0.5, 0.6) is 0 Å². The fourth-order valence-electron chi connectivity index (χ4n) is 1.84. The number of hydrogen-bond donors (Lipinski definition) is 2. The van der Waals surface area contributed by atoms with Crippen LogP contribution in [0.25, 0.3) is 0 Å². The van der Waals surface area contributed by atoms with Crippen LogP contribution in [0.2, 0.25) is 0 Å². The van der Waals surface area contributed by atoms with E-state index in [1.54, 1.807) is 19.1 Å². The molecule has 1 aromatic rings. The third kappa shape index (κ3) is 5.46. The van der Waals surface area contributed by atoms with Crippen molar-refractivity contribution in [2.24, 2.45) is 0 Å². The molecule has 2 nitrogen and oxygen atoms in total. The van der Waals surface area contributed by atoms with Crippen molar-refractivity contribution in [3.63, 3.8) is 0 Å². The second-order valence-corrected chi connectivity index (χ2v) is 5.83. The van der Waals surface area contributed by atoms with E-state index >= 15 is 0 Å². The second-order valence-electron chi connectivity index (χ2n) is 4.91. The molecule has 1 unspecified atom stereocenters. The van der Waals surface area contributed by atoms with E-state index in [1.807, 2.05) is 0 Å². The topological polar surface area (TPSA) is 32.3 Å². The van der Waals surface area contributed by atoms with Crippen molar-refractivity contribution in [2.45, 2.75) is 38.7 Å². The molecule has 1 aromatic carbocycles. The van der Waals surface area contributed by atoms with Crippen LogP contribution in [0, 0.1) is 5.82 Å². The van der Waals surface area contributed by atoms with E-state index in [9.17, 15) is 9.50 Å². The largest absolute Gasteiger partial charge is 0.390 e. The van der Waals surface area contributed by atoms with Crippen molar-refractivity contribution in [3.05, 3.63) is 34.1 Å². The number of halogens is 2. The number of hydrogen-bond acceptors (Lipinski definition) is 2. The molecule has 0 spiro atoms. The van der Waals surface area contributed by atoms with E-state index in [0.717, 1.165) is 24.0 Å². The fraction of sp³-hybridized carbons (Fsp3) is 0.571. The molecule has 102 valence electrons. The first kappa shape index (κ1) is 15.6. The lowest BCUT2D eigenvalue weighted by atomic mass is 9.93. The summed E-state index contributed by atoms with van der Waals surface area (Å²) in [4.78, 5) is 0. The zero-order valence-corrected chi connectivity index (χ0v) is 12.6. The Morgan fingerprint density at radius 2 is 2.11 bits per heavy atom. The number of nitrogens with one attached hydrogen (secondary N) is 1. The van der Waals surface area contributed by atoms with E-state index in [4.69, 9.17) is 0 Å². The van der Waals surface area contributed by atoms with Crippen LogP contribution in [-0.2, 0) is 6.42 Å². The Labute approximate surface area is 117 Å². The lowest BCUT2D eigenvalue weighted by molar-refractivity contribution is 0.0507. The third-order valence-corrected chi connectivity index (χ3v) is 3.34. The molecule has 0 heterocycles. The Morgan fingerprint density at radius 1 is 1.39 bits per heavy atom. The van der Waals surface area contributed by atoms with E-state index < -0.39 is 5.60 Å². The molecule has 0 bridgehead atoms. The molecule has 4 heteroatoms. The highest BCUT2D eigenvalue weighted by atomic mass is 79.9. The minimum absolute atomic E-state index is 0.264. The third-order valence-electron chi connectivity index (χ3n) is 2.85. The monoisotopic (exact) mass is 317 g/mol. The van der Waals surface area contributed by atoms with Crippen LogP contribution in [0.3, 0.4) is 0 Å². The molecule has 0 saturated heterocycles. The molecule has 0 radical (unpaired) electrons. The predicted octanol–water partition coefficient (Wildman–Crippen LogP) is 3.27. The van der Waals surface area contributed by atoms with Gasteiger partial charge in [-0.15, -0.1) is 0 Å². The SMILES string of the molecule is CCCNCCC(C)(O)Cc1cc(Br)ccc1F. The number of rotatable bonds is 7. The van der Waals surface area contributed by atoms with Crippen molar-refractivity contribution in [1.29, 1.82) is 0 Å². The molecule has 18 heavy (non-hydrogen) atoms. The van der Waals surface area contributed by atoms with Crippen molar-refractivity contribution in [3.8, 4) is 0 Å². The summed E-state index contributed by atoms with van der Waals surface area (Å²) in [6, 6.07) is 4.81. The van der Waals surface area contributed by atoms with E-state index in [2.05, 4.69) is 28.2 Å². The summed E-state index contributed by atoms with van der Waals surface area (Å²) in [5.41, 5.74) is -0.340. The summed E-state index contributed by atoms with van der Waals surface area (Å²) in [5.74, 6) is -0.264. The van der Waals surface area contributed by atoms with Gasteiger partial charge in [0.15, 0.2) is 0 Å². The van der Waals surface area contributed by atoms with Crippen LogP contribution in [0.15, 0.2) is 22.7 Å². The van der Waals surface area contributed by atoms with Crippen LogP contribution in [-0.4, -0.2) is 23.8 Å². The molecule has 2 N–H and O–H groups in total. The van der Waals surface area contributed by atoms with Gasteiger partial charge in [0.05, 0.1) is 5.60 Å². The molecule has 0 aliphatic rings. The quantitative estimate of drug-likeness (QED) is 0.756. The highest BCUT2D eigenvalue weighted by molar-refractivity contribution is 9.10. The molecule has 0 amide bonds. The fourth-order valence-corrected chi connectivity index (χ4v) is 2.25. The van der Waals surface area contributed by atoms with E-state index in [1.165, 1.54) is 6.07 Å². The Morgan fingerprint density at radius 3 is 2.78 bits per heavy atom. The van der Waals surface area contributed by atoms with Crippen LogP contribution in [0.4, 0.5) is 4.39 Å². The summed E-state index contributed by atoms with van der Waals surface area (Å²) >= 11 is 3.32. The highest BCUT2D eigenvalue weighted by Gasteiger charge is 2.22. The maximum absolute atomic E-state index is 13.6. The van der Waals surface area contributed by atoms with Crippen LogP contribution < -0.4 is 5.32 Å². The number of benzene rings is 1. The van der Waals surface area contributed by atoms with Gasteiger partial charge in [-0.2, -0.15) is 0 Å². The first-order valence-electron chi connectivity index (χ1n) is 6.31. The maximum atomic E-state index is 13.6. The van der Waals surface area contributed by atoms with Crippen molar-refractivity contribution >= 4 is 15.9 Å². The summed E-state index contributed by atoms with van der Waals surface area (Å²) in [7, 11) is 0. The van der Waals surface area contributed by atoms with Crippen molar-refractivity contribution in [2.75, 3.05) is 13.1 Å². The van der Waals surface area contributed by atoms with E-state index in [-0.39, 0.29) is 5.82 Å². The second kappa shape index (κ2) is 7.22. The standard InChI is InChI=1S/C14H21BrFNO/c1-3-7-17-8-6-14(2,18)10-11-9-12(15)4-5-13(11)16/h4-5,9,17-18H,3,6-8,10H2,1-2H3. The smallest absolute Gasteiger partial charge is 0.126 e. The summed E-state index contributed by atoms with van der Waals surface area (Å²) in [5, 5.41) is 13.5. The zero-order chi connectivity index (χ0) is 13.6. The van der Waals surface area contributed by atoms with Gasteiger partial charge in [-0.3, -0.25) is 0 Å². The molecule has 0 saturated carbocycles. The molecule has 0 aromatic heterocycles. The van der Waals surface area contributed by atoms with Crippen LogP contribution >= 0.6 is 15.9 Å². The predicted molar refractivity (Wildman–Crippen MR) is 76.2 cm³/mol. The van der Waals surface area contributed by atoms with Gasteiger partial charge in [-0.1, -0.05) is 22.9 Å². The Balaban J connectivity index is 2.55. The van der Waals surface area contributed by atoms with Gasteiger partial charge in [-0.25, -0.2) is 4.39 Å². The average molecular weight is 318 g/mol. The first-order valence-corrected chi connectivity index (χ1v) is 7.11. The first-order chi connectivity index (χ1) is 8.44. The van der Waals surface area contributed by atoms with E-state index in [0.29, 0.717) is 18.4 Å². The van der Waals surface area contributed by atoms with Crippen LogP contribution in [0.1, 0.15) is 32.3 Å². The molecule has 1 atom stereocenters. The van der Waals surface area contributed by atoms with Gasteiger partial charge in [0.2, 0.25) is 0 Å². The summed E-state index contributed by atoms with van der Waals surface area (Å²) in [6.07, 6.45) is 2.01. The Bertz CT molecular complexity index is 382. The zero-order valence-electron chi connectivity index (χ0n) is 11.0. The van der Waals surface area contributed by atoms with Gasteiger partial charge in [0.1, 0.15) is 5.82 Å². The lowest BCUT2D eigenvalue weighted by Gasteiger charge is -2.24. The molecule has 0 fully saturated rings. The van der Waals surface area contributed by atoms with Crippen molar-refractivity contribution < 1.29 is 9.50 Å². The molecular formula is C14H21BrFNO. The minimum atomic E-state index is -0.887. The molecular weight excluding hydrogens is 297 g/mol. The van der Waals surface area contributed by atoms with Gasteiger partial charge < -0.3 is 10.4 Å². The summed E-state index contributed by atoms with van der Waals surface area (Å²) < 4.78 is 14.4. The highest BCUT2D eigenvalue weighted by Crippen LogP contribution is 2.22. The molecule has 0 aliphatic carbocycles. The normalized spacial score (nSPS) is 14.5. The summed E-state index contributed by atoms with van der Waals surface area (Å²) in [6.45, 7) is 5.54. The number of aliphatic hydroxyl groups is 1. The lowest BCUT2D eigenvalue weighted by Crippen LogP contribution is -2.32. The van der Waals surface area contributed by atoms with Gasteiger partial charge in [0.25, 0.3) is 0 Å². The Kier molecular flexibility index (Phi) is 6.26.